The van der Waals surface area contributed by atoms with Crippen molar-refractivity contribution < 1.29 is 42.2 Å². The van der Waals surface area contributed by atoms with Crippen LogP contribution in [0.1, 0.15) is 147 Å². The van der Waals surface area contributed by atoms with Gasteiger partial charge in [-0.1, -0.05) is 84.4 Å². The monoisotopic (exact) mass is 1830 g/mol. The Morgan fingerprint density at radius 2 is 0.895 bits per heavy atom. The summed E-state index contributed by atoms with van der Waals surface area (Å²) in [6.07, 6.45) is 15.1. The number of anilines is 4. The molecule has 15 heterocycles. The number of hydrogen-bond acceptors (Lipinski definition) is 25. The normalized spacial score (nSPS) is 19.5. The van der Waals surface area contributed by atoms with Gasteiger partial charge in [-0.3, -0.25) is 43.5 Å². The largest absolute Gasteiger partial charge is 0.443 e. The number of H-pyrrole nitrogens is 1. The van der Waals surface area contributed by atoms with E-state index in [2.05, 4.69) is 161 Å². The van der Waals surface area contributed by atoms with Crippen molar-refractivity contribution in [1.29, 1.82) is 10.5 Å². The molecule has 0 aliphatic carbocycles. The third-order valence-corrected chi connectivity index (χ3v) is 25.8. The predicted molar refractivity (Wildman–Crippen MR) is 507 cm³/mol. The molecular formula is C99H121ClF2N24O7. The Hall–Kier alpha value is -12.3. The van der Waals surface area contributed by atoms with Crippen molar-refractivity contribution in [2.45, 2.75) is 148 Å². The topological polar surface area (TPSA) is 298 Å². The Morgan fingerprint density at radius 1 is 0.474 bits per heavy atom. The van der Waals surface area contributed by atoms with E-state index in [1.165, 1.54) is 137 Å². The minimum absolute atomic E-state index is 0.00660. The van der Waals surface area contributed by atoms with Crippen LogP contribution >= 0.6 is 11.6 Å². The van der Waals surface area contributed by atoms with Crippen LogP contribution in [0.15, 0.2) is 158 Å². The lowest BCUT2D eigenvalue weighted by atomic mass is 10.0. The maximum Gasteiger partial charge on any atom is 0.417 e. The SMILES string of the molecule is CC(C)(C)OC(=O)N1Cc2nc(-c3c(F)cccc3C#N)cc(Cl)c2C1=O.CN1CCN(C2CCCN(c3ccn(-c4cc(-c5c(F)cccc5C#N)nc5c4C(=O)N(C(=O)OC(C)(C)C)C5)n3)C2)CC1.CN1CCN(C2CCCN(c3ccn(Cc4ccccc4)n3)C2)CC1.CN1CCN(C2CCCN(c3ccn[nH]3)C2)CC1.O=C1CCCN(c2ccn(Cc3ccccc3)n2)C1. The number of aromatic nitrogens is 10. The van der Waals surface area contributed by atoms with Crippen molar-refractivity contribution in [2.75, 3.05) is 172 Å². The van der Waals surface area contributed by atoms with E-state index in [0.29, 0.717) is 36.5 Å². The van der Waals surface area contributed by atoms with E-state index in [9.17, 15) is 38.9 Å². The van der Waals surface area contributed by atoms with Crippen LogP contribution in [-0.2, 0) is 40.4 Å². The summed E-state index contributed by atoms with van der Waals surface area (Å²) in [6.45, 7) is 33.1. The molecule has 0 saturated carbocycles. The molecule has 0 spiro atoms. The Labute approximate surface area is 781 Å². The number of benzene rings is 4. The number of likely N-dealkylation sites (N-methyl/N-ethyl adjacent to an activating group) is 3. The summed E-state index contributed by atoms with van der Waals surface area (Å²) >= 11 is 6.23. The number of ether oxygens (including phenoxy) is 2. The Morgan fingerprint density at radius 3 is 1.35 bits per heavy atom. The van der Waals surface area contributed by atoms with Crippen molar-refractivity contribution >= 4 is 64.7 Å². The van der Waals surface area contributed by atoms with Gasteiger partial charge in [0.25, 0.3) is 11.8 Å². The minimum atomic E-state index is -0.813. The summed E-state index contributed by atoms with van der Waals surface area (Å²) in [6, 6.07) is 45.9. The number of nitriles is 2. The molecular weight excluding hydrogens is 1710 g/mol. The lowest BCUT2D eigenvalue weighted by Gasteiger charge is -2.42. The Kier molecular flexibility index (Phi) is 30.9. The third-order valence-electron chi connectivity index (χ3n) is 25.5. The molecule has 31 nitrogen and oxygen atoms in total. The summed E-state index contributed by atoms with van der Waals surface area (Å²) < 4.78 is 45.7. The molecule has 0 radical (unpaired) electrons. The molecule has 3 atom stereocenters. The number of fused-ring (bicyclic) bond motifs is 2. The fourth-order valence-corrected chi connectivity index (χ4v) is 18.7. The molecule has 1 N–H and O–H groups in total. The Bertz CT molecular complexity index is 5760. The highest BCUT2D eigenvalue weighted by molar-refractivity contribution is 6.35. The van der Waals surface area contributed by atoms with Crippen molar-refractivity contribution in [3.8, 4) is 40.3 Å². The molecule has 10 aromatic rings. The second-order valence-electron chi connectivity index (χ2n) is 37.5. The zero-order valence-corrected chi connectivity index (χ0v) is 78.4. The van der Waals surface area contributed by atoms with Gasteiger partial charge in [0.05, 0.1) is 118 Å². The molecule has 34 heteroatoms. The van der Waals surface area contributed by atoms with Gasteiger partial charge in [-0.05, 0) is 155 Å². The number of nitrogens with zero attached hydrogens (tertiary/aromatic N) is 23. The van der Waals surface area contributed by atoms with E-state index >= 15 is 4.39 Å². The lowest BCUT2D eigenvalue weighted by molar-refractivity contribution is -0.118. The molecule has 0 bridgehead atoms. The first-order valence-corrected chi connectivity index (χ1v) is 46.6. The van der Waals surface area contributed by atoms with Crippen LogP contribution in [0.5, 0.6) is 0 Å². The predicted octanol–water partition coefficient (Wildman–Crippen LogP) is 13.2. The summed E-state index contributed by atoms with van der Waals surface area (Å²) in [7, 11) is 6.60. The van der Waals surface area contributed by atoms with Gasteiger partial charge in [-0.2, -0.15) is 30.9 Å². The molecule has 19 rings (SSSR count). The number of carbonyl (C=O) groups excluding carboxylic acids is 5. The van der Waals surface area contributed by atoms with Crippen molar-refractivity contribution in [3.63, 3.8) is 0 Å². The number of rotatable bonds is 14. The number of aromatic amines is 1. The van der Waals surface area contributed by atoms with Crippen molar-refractivity contribution in [3.05, 3.63) is 220 Å². The third kappa shape index (κ3) is 24.2. The van der Waals surface area contributed by atoms with E-state index in [-0.39, 0.29) is 74.3 Å². The number of pyridine rings is 2. The lowest BCUT2D eigenvalue weighted by Crippen LogP contribution is -2.54. The van der Waals surface area contributed by atoms with E-state index < -0.39 is 46.8 Å². The first kappa shape index (κ1) is 95.3. The molecule has 700 valence electrons. The van der Waals surface area contributed by atoms with Crippen LogP contribution in [0.25, 0.3) is 28.2 Å². The van der Waals surface area contributed by atoms with Crippen molar-refractivity contribution in [1.82, 2.24) is 88.7 Å². The van der Waals surface area contributed by atoms with E-state index in [1.54, 1.807) is 58.5 Å². The highest BCUT2D eigenvalue weighted by atomic mass is 35.5. The quantitative estimate of drug-likeness (QED) is 0.106. The first-order valence-electron chi connectivity index (χ1n) is 46.3. The fourth-order valence-electron chi connectivity index (χ4n) is 18.5. The molecule has 6 aromatic heterocycles. The molecule has 133 heavy (non-hydrogen) atoms. The first-order chi connectivity index (χ1) is 64.0. The molecule has 9 aliphatic rings. The molecule has 3 unspecified atom stereocenters. The number of Topliss-reactive ketones (excluding diaryl/α,β-unsaturated/α-hetero) is 1. The summed E-state index contributed by atoms with van der Waals surface area (Å²) in [5.74, 6) is 1.86. The second kappa shape index (κ2) is 43.1. The summed E-state index contributed by atoms with van der Waals surface area (Å²) in [4.78, 5) is 98.2. The molecule has 4 aromatic carbocycles. The minimum Gasteiger partial charge on any atom is -0.443 e. The maximum absolute atomic E-state index is 15.2. The van der Waals surface area contributed by atoms with Gasteiger partial charge in [0.15, 0.2) is 23.2 Å². The van der Waals surface area contributed by atoms with Crippen LogP contribution in [0.2, 0.25) is 5.02 Å². The number of halogens is 3. The number of ketones is 1. The number of piperidine rings is 4. The molecule has 4 amide bonds. The maximum atomic E-state index is 15.2. The molecule has 7 saturated heterocycles. The standard InChI is InChI=1S/C32H37FN8O3.C20H29N5.C19H15ClFN3O3.C15H17N3O.C13H23N5/c1-32(2,3)44-31(43)40-20-25-29(30(40)42)26(17-24(35-25)28-21(18-34)7-5-9-23(28)33)41-12-10-27(36-41)39-11-6-8-22(19-39)38-15-13-37(4)14-16-38;1-22-12-14-23(15-13-22)19-8-5-10-24(17-19)20-9-11-25(21-20)16-18-6-3-2-4-7-18;1-19(2,3)27-18(26)24-9-14-16(17(24)25)11(20)7-13(23-14)15-10(8-22)5-4-6-12(15)21;19-14-7-4-9-17(12-14)15-8-10-18(16-15)11-13-5-2-1-3-6-13;1-16-7-9-17(10-8-16)12-3-2-6-18(11-12)13-4-5-14-15-13/h5,7,9-10,12,17,22H,6,8,11,13-16,19-20H2,1-4H3;2-4,6-7,9,11,19H,5,8,10,12-17H2,1H3;4-7H,9H2,1-3H3;1-3,5-6,8,10H,4,7,9,11-12H2;4-5,12H,2-3,6-11H2,1H3,(H,14,15). The molecule has 7 fully saturated rings. The second-order valence-corrected chi connectivity index (χ2v) is 37.9. The smallest absolute Gasteiger partial charge is 0.417 e. The molecule has 9 aliphatic heterocycles. The number of imide groups is 2. The van der Waals surface area contributed by atoms with E-state index in [0.717, 1.165) is 138 Å². The van der Waals surface area contributed by atoms with Crippen LogP contribution in [0, 0.1) is 34.3 Å². The number of carbonyl (C=O) groups is 5. The summed E-state index contributed by atoms with van der Waals surface area (Å²) in [5.41, 5.74) is 2.58. The van der Waals surface area contributed by atoms with Gasteiger partial charge in [0, 0.05) is 192 Å². The highest BCUT2D eigenvalue weighted by Gasteiger charge is 2.42. The van der Waals surface area contributed by atoms with Gasteiger partial charge in [0.2, 0.25) is 0 Å². The van der Waals surface area contributed by atoms with Gasteiger partial charge < -0.3 is 43.8 Å². The van der Waals surface area contributed by atoms with Crippen LogP contribution in [0.3, 0.4) is 0 Å². The zero-order valence-electron chi connectivity index (χ0n) is 77.6. The van der Waals surface area contributed by atoms with Crippen LogP contribution in [-0.4, -0.2) is 300 Å². The van der Waals surface area contributed by atoms with Gasteiger partial charge in [0.1, 0.15) is 28.7 Å². The number of piperazine rings is 3. The van der Waals surface area contributed by atoms with Gasteiger partial charge >= 0.3 is 12.2 Å². The number of nitrogens with one attached hydrogen (secondary N) is 1. The summed E-state index contributed by atoms with van der Waals surface area (Å²) in [5, 5.41) is 40.4. The van der Waals surface area contributed by atoms with E-state index in [1.807, 2.05) is 59.5 Å². The van der Waals surface area contributed by atoms with Gasteiger partial charge in [-0.25, -0.2) is 42.8 Å². The fraction of sp³-hybridized carbons (Fsp3) is 0.465. The highest BCUT2D eigenvalue weighted by Crippen LogP contribution is 2.39. The average Bonchev–Trinajstić information content (AvgIpc) is 1.61. The van der Waals surface area contributed by atoms with Crippen LogP contribution in [0.4, 0.5) is 41.6 Å². The zero-order chi connectivity index (χ0) is 93.6. The van der Waals surface area contributed by atoms with Crippen molar-refractivity contribution in [2.24, 2.45) is 0 Å². The van der Waals surface area contributed by atoms with Gasteiger partial charge in [-0.15, -0.1) is 0 Å². The Balaban J connectivity index is 0.000000132. The van der Waals surface area contributed by atoms with Crippen LogP contribution < -0.4 is 19.6 Å². The average molecular weight is 1830 g/mol. The number of hydrogen-bond donors (Lipinski definition) is 1. The number of amides is 4. The van der Waals surface area contributed by atoms with E-state index in [4.69, 9.17) is 31.3 Å².